The number of benzene rings is 2. The molecule has 0 bridgehead atoms. The molecule has 0 amide bonds. The minimum atomic E-state index is -4.04. The molecule has 0 atom stereocenters. The van der Waals surface area contributed by atoms with Crippen LogP contribution < -0.4 is 4.83 Å². The molecule has 1 N–H and O–H groups in total. The zero-order valence-corrected chi connectivity index (χ0v) is 14.7. The van der Waals surface area contributed by atoms with E-state index in [1.807, 2.05) is 35.2 Å². The summed E-state index contributed by atoms with van der Waals surface area (Å²) in [6.07, 6.45) is 2.74. The smallest absolute Gasteiger partial charge is 0.258 e. The van der Waals surface area contributed by atoms with E-state index < -0.39 is 14.9 Å². The topological polar surface area (TPSA) is 102 Å². The van der Waals surface area contributed by atoms with Crippen molar-refractivity contribution in [2.45, 2.75) is 11.8 Å². The van der Waals surface area contributed by atoms with Crippen molar-refractivity contribution >= 4 is 39.6 Å². The van der Waals surface area contributed by atoms with Crippen molar-refractivity contribution in [1.29, 1.82) is 0 Å². The summed E-state index contributed by atoms with van der Waals surface area (Å²) in [5.41, 5.74) is 0.908. The van der Waals surface area contributed by atoms with Crippen LogP contribution in [0.4, 0.5) is 5.69 Å². The first-order valence-electron chi connectivity index (χ1n) is 7.02. The van der Waals surface area contributed by atoms with E-state index in [4.69, 9.17) is 11.6 Å². The van der Waals surface area contributed by atoms with Crippen LogP contribution in [-0.2, 0) is 10.0 Å². The SMILES string of the molecule is Cc1ccc(S(=O)(=O)N/N=C\C(Cl)=C\c2ccccc2)cc1[N+](=O)[O-]. The van der Waals surface area contributed by atoms with E-state index in [0.29, 0.717) is 5.56 Å². The fourth-order valence-electron chi connectivity index (χ4n) is 1.91. The number of aryl methyl sites for hydroxylation is 1. The predicted molar refractivity (Wildman–Crippen MR) is 96.9 cm³/mol. The van der Waals surface area contributed by atoms with Crippen molar-refractivity contribution in [1.82, 2.24) is 4.83 Å². The van der Waals surface area contributed by atoms with Crippen molar-refractivity contribution in [2.24, 2.45) is 5.10 Å². The summed E-state index contributed by atoms with van der Waals surface area (Å²) in [7, 11) is -4.04. The summed E-state index contributed by atoms with van der Waals surface area (Å²) < 4.78 is 24.3. The number of nitro groups is 1. The molecule has 0 spiro atoms. The van der Waals surface area contributed by atoms with Gasteiger partial charge in [0.1, 0.15) is 0 Å². The van der Waals surface area contributed by atoms with Gasteiger partial charge >= 0.3 is 0 Å². The van der Waals surface area contributed by atoms with Gasteiger partial charge in [-0.2, -0.15) is 13.5 Å². The zero-order valence-electron chi connectivity index (χ0n) is 13.1. The molecule has 0 saturated heterocycles. The molecule has 2 aromatic carbocycles. The van der Waals surface area contributed by atoms with E-state index in [1.165, 1.54) is 19.1 Å². The van der Waals surface area contributed by atoms with Gasteiger partial charge < -0.3 is 0 Å². The fraction of sp³-hybridized carbons (Fsp3) is 0.0625. The number of hydrazone groups is 1. The van der Waals surface area contributed by atoms with Crippen molar-refractivity contribution in [3.63, 3.8) is 0 Å². The summed E-state index contributed by atoms with van der Waals surface area (Å²) in [5.74, 6) is 0. The van der Waals surface area contributed by atoms with Crippen LogP contribution >= 0.6 is 11.6 Å². The number of rotatable bonds is 6. The molecule has 130 valence electrons. The monoisotopic (exact) mass is 379 g/mol. The largest absolute Gasteiger partial charge is 0.276 e. The van der Waals surface area contributed by atoms with Crippen LogP contribution in [0, 0.1) is 17.0 Å². The molecular weight excluding hydrogens is 366 g/mol. The number of nitro benzene ring substituents is 1. The van der Waals surface area contributed by atoms with Crippen molar-refractivity contribution in [2.75, 3.05) is 0 Å². The van der Waals surface area contributed by atoms with Crippen molar-refractivity contribution in [3.8, 4) is 0 Å². The Balaban J connectivity index is 2.15. The van der Waals surface area contributed by atoms with Gasteiger partial charge in [0.15, 0.2) is 0 Å². The second kappa shape index (κ2) is 7.91. The number of hydrogen-bond donors (Lipinski definition) is 1. The van der Waals surface area contributed by atoms with Gasteiger partial charge in [0.05, 0.1) is 21.1 Å². The molecule has 0 heterocycles. The highest BCUT2D eigenvalue weighted by atomic mass is 35.5. The Hall–Kier alpha value is -2.71. The molecule has 0 aliphatic heterocycles. The molecule has 0 aliphatic rings. The summed E-state index contributed by atoms with van der Waals surface area (Å²) in [6.45, 7) is 1.52. The Morgan fingerprint density at radius 1 is 1.24 bits per heavy atom. The lowest BCUT2D eigenvalue weighted by atomic mass is 10.2. The van der Waals surface area contributed by atoms with E-state index >= 15 is 0 Å². The van der Waals surface area contributed by atoms with E-state index in [0.717, 1.165) is 17.8 Å². The standard InChI is InChI=1S/C16H14ClN3O4S/c1-12-7-8-15(10-16(12)20(21)22)25(23,24)19-18-11-14(17)9-13-5-3-2-4-6-13/h2-11,19H,1H3/b14-9-,18-11-. The van der Waals surface area contributed by atoms with Crippen LogP contribution in [0.2, 0.25) is 0 Å². The lowest BCUT2D eigenvalue weighted by Gasteiger charge is -2.04. The quantitative estimate of drug-likeness (QED) is 0.471. The van der Waals surface area contributed by atoms with Gasteiger partial charge in [0, 0.05) is 11.6 Å². The van der Waals surface area contributed by atoms with Gasteiger partial charge in [-0.1, -0.05) is 48.0 Å². The molecule has 0 fully saturated rings. The number of nitrogens with one attached hydrogen (secondary N) is 1. The number of nitrogens with zero attached hydrogens (tertiary/aromatic N) is 2. The first kappa shape index (κ1) is 18.6. The van der Waals surface area contributed by atoms with Crippen LogP contribution in [0.1, 0.15) is 11.1 Å². The molecule has 0 aromatic heterocycles. The number of sulfonamides is 1. The maximum atomic E-state index is 12.1. The average Bonchev–Trinajstić information content (AvgIpc) is 2.55. The van der Waals surface area contributed by atoms with Gasteiger partial charge in [0.2, 0.25) is 0 Å². The molecule has 0 aliphatic carbocycles. The molecule has 9 heteroatoms. The van der Waals surface area contributed by atoms with Gasteiger partial charge in [-0.25, -0.2) is 4.83 Å². The Labute approximate surface area is 149 Å². The first-order valence-corrected chi connectivity index (χ1v) is 8.88. The van der Waals surface area contributed by atoms with Crippen LogP contribution in [0.5, 0.6) is 0 Å². The van der Waals surface area contributed by atoms with Crippen LogP contribution in [0.25, 0.3) is 6.08 Å². The van der Waals surface area contributed by atoms with E-state index in [9.17, 15) is 18.5 Å². The maximum Gasteiger partial charge on any atom is 0.276 e. The van der Waals surface area contributed by atoms with Gasteiger partial charge in [0.25, 0.3) is 15.7 Å². The third-order valence-corrected chi connectivity index (χ3v) is 4.58. The van der Waals surface area contributed by atoms with Gasteiger partial charge in [-0.3, -0.25) is 10.1 Å². The first-order chi connectivity index (χ1) is 11.8. The fourth-order valence-corrected chi connectivity index (χ4v) is 2.89. The van der Waals surface area contributed by atoms with Crippen molar-refractivity contribution < 1.29 is 13.3 Å². The lowest BCUT2D eigenvalue weighted by Crippen LogP contribution is -2.18. The highest BCUT2D eigenvalue weighted by molar-refractivity contribution is 7.89. The average molecular weight is 380 g/mol. The lowest BCUT2D eigenvalue weighted by molar-refractivity contribution is -0.385. The minimum Gasteiger partial charge on any atom is -0.258 e. The number of halogens is 1. The van der Waals surface area contributed by atoms with E-state index in [1.54, 1.807) is 6.08 Å². The van der Waals surface area contributed by atoms with Crippen LogP contribution in [-0.4, -0.2) is 19.6 Å². The Morgan fingerprint density at radius 2 is 1.92 bits per heavy atom. The molecule has 0 radical (unpaired) electrons. The zero-order chi connectivity index (χ0) is 18.4. The molecule has 25 heavy (non-hydrogen) atoms. The van der Waals surface area contributed by atoms with Crippen LogP contribution in [0.3, 0.4) is 0 Å². The molecule has 0 unspecified atom stereocenters. The number of allylic oxidation sites excluding steroid dienone is 1. The highest BCUT2D eigenvalue weighted by Crippen LogP contribution is 2.22. The molecule has 2 aromatic rings. The van der Waals surface area contributed by atoms with Crippen molar-refractivity contribution in [3.05, 3.63) is 74.8 Å². The van der Waals surface area contributed by atoms with Gasteiger partial charge in [-0.05, 0) is 24.6 Å². The highest BCUT2D eigenvalue weighted by Gasteiger charge is 2.19. The maximum absolute atomic E-state index is 12.1. The second-order valence-electron chi connectivity index (χ2n) is 5.00. The number of hydrogen-bond acceptors (Lipinski definition) is 5. The Morgan fingerprint density at radius 3 is 2.56 bits per heavy atom. The minimum absolute atomic E-state index is 0.212. The summed E-state index contributed by atoms with van der Waals surface area (Å²) in [4.78, 5) is 12.0. The van der Waals surface area contributed by atoms with Gasteiger partial charge in [-0.15, -0.1) is 0 Å². The molecular formula is C16H14ClN3O4S. The van der Waals surface area contributed by atoms with E-state index in [-0.39, 0.29) is 15.6 Å². The normalized spacial score (nSPS) is 12.3. The van der Waals surface area contributed by atoms with E-state index in [2.05, 4.69) is 5.10 Å². The summed E-state index contributed by atoms with van der Waals surface area (Å²) in [6, 6.07) is 12.8. The Bertz CT molecular complexity index is 941. The predicted octanol–water partition coefficient (Wildman–Crippen LogP) is 3.45. The summed E-state index contributed by atoms with van der Waals surface area (Å²) in [5, 5.41) is 14.7. The second-order valence-corrected chi connectivity index (χ2v) is 7.10. The van der Waals surface area contributed by atoms with Crippen LogP contribution in [0.15, 0.2) is 63.6 Å². The Kier molecular flexibility index (Phi) is 5.89. The third-order valence-electron chi connectivity index (χ3n) is 3.15. The molecule has 0 saturated carbocycles. The molecule has 2 rings (SSSR count). The molecule has 7 nitrogen and oxygen atoms in total. The summed E-state index contributed by atoms with van der Waals surface area (Å²) >= 11 is 5.97. The third kappa shape index (κ3) is 5.13.